The van der Waals surface area contributed by atoms with Gasteiger partial charge in [0.25, 0.3) is 0 Å². The molecule has 0 bridgehead atoms. The maximum atomic E-state index is 12.4. The van der Waals surface area contributed by atoms with Crippen molar-refractivity contribution in [3.8, 4) is 0 Å². The Morgan fingerprint density at radius 1 is 1.26 bits per heavy atom. The Morgan fingerprint density at radius 2 is 2.04 bits per heavy atom. The average molecular weight is 317 g/mol. The highest BCUT2D eigenvalue weighted by molar-refractivity contribution is 6.22. The molecule has 1 saturated heterocycles. The van der Waals surface area contributed by atoms with Crippen LogP contribution in [0.4, 0.5) is 0 Å². The molecular formula is C17H23N3O3. The van der Waals surface area contributed by atoms with E-state index in [0.717, 1.165) is 19.4 Å². The van der Waals surface area contributed by atoms with E-state index in [4.69, 9.17) is 4.42 Å². The lowest BCUT2D eigenvalue weighted by atomic mass is 10.0. The maximum Gasteiger partial charge on any atom is 0.231 e. The average Bonchev–Trinajstić information content (AvgIpc) is 3.21. The molecule has 23 heavy (non-hydrogen) atoms. The van der Waals surface area contributed by atoms with Crippen LogP contribution in [0.5, 0.6) is 0 Å². The standard InChI is InChI=1S/C17H23N3O3/c1-2-14-19-15-16(22)12(11-13(21)17(15)23-14)18-7-3-4-8-20-9-5-6-10-20/h11,18H,2-10H2,1H3. The van der Waals surface area contributed by atoms with E-state index >= 15 is 0 Å². The zero-order valence-corrected chi connectivity index (χ0v) is 13.6. The Labute approximate surface area is 135 Å². The lowest BCUT2D eigenvalue weighted by molar-refractivity contribution is 0.0959. The van der Waals surface area contributed by atoms with Crippen LogP contribution < -0.4 is 5.32 Å². The minimum Gasteiger partial charge on any atom is -0.436 e. The summed E-state index contributed by atoms with van der Waals surface area (Å²) < 4.78 is 5.33. The van der Waals surface area contributed by atoms with Gasteiger partial charge in [-0.3, -0.25) is 9.59 Å². The summed E-state index contributed by atoms with van der Waals surface area (Å²) in [7, 11) is 0. The quantitative estimate of drug-likeness (QED) is 0.775. The Kier molecular flexibility index (Phi) is 4.91. The number of aryl methyl sites for hydroxylation is 1. The van der Waals surface area contributed by atoms with Crippen LogP contribution in [0.3, 0.4) is 0 Å². The second kappa shape index (κ2) is 7.08. The molecule has 1 aromatic rings. The molecule has 2 heterocycles. The number of likely N-dealkylation sites (tertiary alicyclic amines) is 1. The fourth-order valence-electron chi connectivity index (χ4n) is 3.05. The predicted molar refractivity (Wildman–Crippen MR) is 85.5 cm³/mol. The molecular weight excluding hydrogens is 294 g/mol. The smallest absolute Gasteiger partial charge is 0.231 e. The van der Waals surface area contributed by atoms with E-state index in [-0.39, 0.29) is 23.0 Å². The van der Waals surface area contributed by atoms with E-state index in [0.29, 0.717) is 24.6 Å². The highest BCUT2D eigenvalue weighted by atomic mass is 16.4. The van der Waals surface area contributed by atoms with Crippen LogP contribution in [0.2, 0.25) is 0 Å². The van der Waals surface area contributed by atoms with E-state index in [2.05, 4.69) is 15.2 Å². The molecule has 2 aliphatic rings. The SMILES string of the molecule is CCc1nc2c(o1)C(=O)C=C(NCCCCN1CCCC1)C2=O. The van der Waals surface area contributed by atoms with E-state index in [1.165, 1.54) is 32.0 Å². The van der Waals surface area contributed by atoms with Gasteiger partial charge in [-0.25, -0.2) is 4.98 Å². The first kappa shape index (κ1) is 15.9. The van der Waals surface area contributed by atoms with Crippen LogP contribution in [-0.2, 0) is 6.42 Å². The number of ketones is 2. The number of carbonyl (C=O) groups is 2. The fraction of sp³-hybridized carbons (Fsp3) is 0.588. The highest BCUT2D eigenvalue weighted by Gasteiger charge is 2.31. The number of nitrogens with zero attached hydrogens (tertiary/aromatic N) is 2. The van der Waals surface area contributed by atoms with Crippen LogP contribution in [0.1, 0.15) is 59.5 Å². The predicted octanol–water partition coefficient (Wildman–Crippen LogP) is 1.97. The molecule has 0 aromatic carbocycles. The topological polar surface area (TPSA) is 75.4 Å². The van der Waals surface area contributed by atoms with E-state index in [1.54, 1.807) is 0 Å². The zero-order chi connectivity index (χ0) is 16.2. The molecule has 1 aliphatic heterocycles. The van der Waals surface area contributed by atoms with Crippen LogP contribution >= 0.6 is 0 Å². The van der Waals surface area contributed by atoms with E-state index in [9.17, 15) is 9.59 Å². The first-order chi connectivity index (χ1) is 11.2. The number of carbonyl (C=O) groups excluding carboxylic acids is 2. The lowest BCUT2D eigenvalue weighted by Gasteiger charge is -2.15. The van der Waals surface area contributed by atoms with Crippen molar-refractivity contribution < 1.29 is 14.0 Å². The number of hydrogen-bond acceptors (Lipinski definition) is 6. The van der Waals surface area contributed by atoms with E-state index in [1.807, 2.05) is 6.92 Å². The number of nitrogens with one attached hydrogen (secondary N) is 1. The van der Waals surface area contributed by atoms with Gasteiger partial charge < -0.3 is 14.6 Å². The molecule has 0 spiro atoms. The van der Waals surface area contributed by atoms with Crippen LogP contribution in [0.15, 0.2) is 16.2 Å². The van der Waals surface area contributed by atoms with Gasteiger partial charge >= 0.3 is 0 Å². The molecule has 3 rings (SSSR count). The number of hydrogen-bond donors (Lipinski definition) is 1. The minimum absolute atomic E-state index is 0.0754. The molecule has 0 saturated carbocycles. The third-order valence-electron chi connectivity index (χ3n) is 4.35. The van der Waals surface area contributed by atoms with Crippen molar-refractivity contribution >= 4 is 11.6 Å². The van der Waals surface area contributed by atoms with Gasteiger partial charge in [0.1, 0.15) is 0 Å². The van der Waals surface area contributed by atoms with Gasteiger partial charge in [-0.05, 0) is 45.3 Å². The van der Waals surface area contributed by atoms with Crippen molar-refractivity contribution in [2.45, 2.75) is 39.0 Å². The van der Waals surface area contributed by atoms with Crippen molar-refractivity contribution in [2.24, 2.45) is 0 Å². The van der Waals surface area contributed by atoms with Crippen molar-refractivity contribution in [1.82, 2.24) is 15.2 Å². The van der Waals surface area contributed by atoms with Crippen LogP contribution in [0, 0.1) is 0 Å². The van der Waals surface area contributed by atoms with Crippen molar-refractivity contribution in [3.63, 3.8) is 0 Å². The third-order valence-corrected chi connectivity index (χ3v) is 4.35. The highest BCUT2D eigenvalue weighted by Crippen LogP contribution is 2.21. The van der Waals surface area contributed by atoms with Crippen molar-refractivity contribution in [2.75, 3.05) is 26.2 Å². The van der Waals surface area contributed by atoms with Gasteiger partial charge in [0.2, 0.25) is 17.3 Å². The van der Waals surface area contributed by atoms with Gasteiger partial charge in [-0.15, -0.1) is 0 Å². The summed E-state index contributed by atoms with van der Waals surface area (Å²) in [5.41, 5.74) is 0.480. The Balaban J connectivity index is 1.50. The number of aromatic nitrogens is 1. The summed E-state index contributed by atoms with van der Waals surface area (Å²) in [5.74, 6) is -0.0302. The first-order valence-corrected chi connectivity index (χ1v) is 8.45. The largest absolute Gasteiger partial charge is 0.436 e. The second-order valence-corrected chi connectivity index (χ2v) is 6.07. The molecule has 124 valence electrons. The molecule has 1 fully saturated rings. The van der Waals surface area contributed by atoms with Gasteiger partial charge in [0.05, 0.1) is 5.70 Å². The molecule has 1 N–H and O–H groups in total. The number of unbranched alkanes of at least 4 members (excludes halogenated alkanes) is 1. The molecule has 0 amide bonds. The summed E-state index contributed by atoms with van der Waals surface area (Å²) in [6, 6.07) is 0. The van der Waals surface area contributed by atoms with Crippen LogP contribution in [-0.4, -0.2) is 47.6 Å². The molecule has 1 aromatic heterocycles. The molecule has 1 aliphatic carbocycles. The molecule has 0 atom stereocenters. The summed E-state index contributed by atoms with van der Waals surface area (Å²) >= 11 is 0. The zero-order valence-electron chi connectivity index (χ0n) is 13.6. The normalized spacial score (nSPS) is 18.2. The number of Topliss-reactive ketones (excluding diaryl/α,β-unsaturated/α-hetero) is 1. The Hall–Kier alpha value is -1.95. The fourth-order valence-corrected chi connectivity index (χ4v) is 3.05. The summed E-state index contributed by atoms with van der Waals surface area (Å²) in [6.07, 6.45) is 6.57. The van der Waals surface area contributed by atoms with E-state index < -0.39 is 0 Å². The first-order valence-electron chi connectivity index (χ1n) is 8.45. The van der Waals surface area contributed by atoms with Gasteiger partial charge in [-0.1, -0.05) is 6.92 Å². The molecule has 6 nitrogen and oxygen atoms in total. The summed E-state index contributed by atoms with van der Waals surface area (Å²) in [4.78, 5) is 31.0. The number of allylic oxidation sites excluding steroid dienone is 2. The number of fused-ring (bicyclic) bond motifs is 1. The maximum absolute atomic E-state index is 12.4. The van der Waals surface area contributed by atoms with Gasteiger partial charge in [0.15, 0.2) is 11.6 Å². The summed E-state index contributed by atoms with van der Waals surface area (Å²) in [5, 5.41) is 3.09. The molecule has 6 heteroatoms. The molecule has 0 unspecified atom stereocenters. The Bertz CT molecular complexity index is 627. The number of oxazole rings is 1. The Morgan fingerprint density at radius 3 is 2.78 bits per heavy atom. The third kappa shape index (κ3) is 3.52. The minimum atomic E-state index is -0.286. The molecule has 0 radical (unpaired) electrons. The van der Waals surface area contributed by atoms with Gasteiger partial charge in [0, 0.05) is 19.0 Å². The summed E-state index contributed by atoms with van der Waals surface area (Å²) in [6.45, 7) is 6.09. The second-order valence-electron chi connectivity index (χ2n) is 6.07. The van der Waals surface area contributed by atoms with Crippen molar-refractivity contribution in [1.29, 1.82) is 0 Å². The monoisotopic (exact) mass is 317 g/mol. The van der Waals surface area contributed by atoms with Crippen LogP contribution in [0.25, 0.3) is 0 Å². The van der Waals surface area contributed by atoms with Crippen molar-refractivity contribution in [3.05, 3.63) is 29.1 Å². The number of rotatable bonds is 7. The van der Waals surface area contributed by atoms with Gasteiger partial charge in [-0.2, -0.15) is 0 Å². The lowest BCUT2D eigenvalue weighted by Crippen LogP contribution is -2.28.